The molecule has 0 radical (unpaired) electrons. The molecule has 0 atom stereocenters. The van der Waals surface area contributed by atoms with Crippen LogP contribution in [0.4, 0.5) is 10.1 Å². The molecule has 1 saturated heterocycles. The minimum atomic E-state index is -1.28. The predicted molar refractivity (Wildman–Crippen MR) is 67.9 cm³/mol. The normalized spacial score (nSPS) is 23.6. The van der Waals surface area contributed by atoms with Crippen LogP contribution >= 0.6 is 0 Å². The second-order valence-corrected chi connectivity index (χ2v) is 5.96. The number of hydrogen-bond acceptors (Lipinski definition) is 3. The lowest BCUT2D eigenvalue weighted by molar-refractivity contribution is 0.0692. The van der Waals surface area contributed by atoms with Crippen molar-refractivity contribution in [1.29, 1.82) is 0 Å². The van der Waals surface area contributed by atoms with Gasteiger partial charge in [0.2, 0.25) is 0 Å². The van der Waals surface area contributed by atoms with Gasteiger partial charge in [-0.2, -0.15) is 0 Å². The molecule has 4 nitrogen and oxygen atoms in total. The molecule has 6 heteroatoms. The molecule has 1 heterocycles. The van der Waals surface area contributed by atoms with Gasteiger partial charge in [-0.05, 0) is 31.0 Å². The van der Waals surface area contributed by atoms with Gasteiger partial charge in [0.15, 0.2) is 0 Å². The number of aromatic carboxylic acids is 1. The number of nitrogens with one attached hydrogen (secondary N) is 1. The number of carboxylic acids is 1. The molecule has 98 valence electrons. The van der Waals surface area contributed by atoms with Gasteiger partial charge in [-0.25, -0.2) is 9.18 Å². The lowest BCUT2D eigenvalue weighted by atomic mass is 10.1. The van der Waals surface area contributed by atoms with Crippen LogP contribution in [0.2, 0.25) is 0 Å². The smallest absolute Gasteiger partial charge is 0.338 e. The molecule has 1 aromatic carbocycles. The molecule has 0 saturated carbocycles. The molecule has 18 heavy (non-hydrogen) atoms. The fourth-order valence-electron chi connectivity index (χ4n) is 1.95. The Morgan fingerprint density at radius 3 is 2.67 bits per heavy atom. The van der Waals surface area contributed by atoms with Crippen LogP contribution in [0, 0.1) is 5.82 Å². The molecule has 2 N–H and O–H groups in total. The summed E-state index contributed by atoms with van der Waals surface area (Å²) in [7, 11) is -0.728. The van der Waals surface area contributed by atoms with Crippen LogP contribution in [0.3, 0.4) is 0 Å². The topological polar surface area (TPSA) is 66.4 Å². The SMILES string of the molecule is O=C(O)c1cc(NC2CCS(=O)CC2)ccc1F. The zero-order valence-corrected chi connectivity index (χ0v) is 10.5. The summed E-state index contributed by atoms with van der Waals surface area (Å²) < 4.78 is 24.4. The number of carbonyl (C=O) groups is 1. The fraction of sp³-hybridized carbons (Fsp3) is 0.417. The summed E-state index contributed by atoms with van der Waals surface area (Å²) in [5, 5.41) is 12.0. The van der Waals surface area contributed by atoms with Gasteiger partial charge in [0.1, 0.15) is 5.82 Å². The van der Waals surface area contributed by atoms with Gasteiger partial charge in [-0.3, -0.25) is 4.21 Å². The Morgan fingerprint density at radius 1 is 1.39 bits per heavy atom. The van der Waals surface area contributed by atoms with E-state index in [4.69, 9.17) is 5.11 Å². The largest absolute Gasteiger partial charge is 0.478 e. The zero-order chi connectivity index (χ0) is 13.1. The summed E-state index contributed by atoms with van der Waals surface area (Å²) in [6.45, 7) is 0. The van der Waals surface area contributed by atoms with E-state index >= 15 is 0 Å². The van der Waals surface area contributed by atoms with Crippen LogP contribution in [-0.2, 0) is 10.8 Å². The van der Waals surface area contributed by atoms with Crippen molar-refractivity contribution in [2.75, 3.05) is 16.8 Å². The van der Waals surface area contributed by atoms with E-state index in [0.29, 0.717) is 17.2 Å². The third-order valence-electron chi connectivity index (χ3n) is 2.96. The summed E-state index contributed by atoms with van der Waals surface area (Å²) in [5.41, 5.74) is 0.255. The molecule has 0 aromatic heterocycles. The van der Waals surface area contributed by atoms with Crippen LogP contribution in [-0.4, -0.2) is 32.8 Å². The predicted octanol–water partition coefficient (Wildman–Crippen LogP) is 1.85. The van der Waals surface area contributed by atoms with Crippen LogP contribution in [0.25, 0.3) is 0 Å². The van der Waals surface area contributed by atoms with Crippen molar-refractivity contribution in [3.05, 3.63) is 29.6 Å². The van der Waals surface area contributed by atoms with Gasteiger partial charge in [-0.1, -0.05) is 0 Å². The maximum atomic E-state index is 13.2. The molecule has 1 aromatic rings. The van der Waals surface area contributed by atoms with Crippen LogP contribution < -0.4 is 5.32 Å². The third-order valence-corrected chi connectivity index (χ3v) is 4.34. The number of rotatable bonds is 3. The first-order chi connectivity index (χ1) is 8.56. The highest BCUT2D eigenvalue weighted by atomic mass is 32.2. The molecular formula is C12H14FNO3S. The second kappa shape index (κ2) is 5.48. The Kier molecular flexibility index (Phi) is 3.96. The van der Waals surface area contributed by atoms with Gasteiger partial charge in [-0.15, -0.1) is 0 Å². The maximum absolute atomic E-state index is 13.2. The molecule has 2 rings (SSSR count). The molecule has 0 aliphatic carbocycles. The van der Waals surface area contributed by atoms with Crippen LogP contribution in [0.15, 0.2) is 18.2 Å². The van der Waals surface area contributed by atoms with Crippen LogP contribution in [0.5, 0.6) is 0 Å². The lowest BCUT2D eigenvalue weighted by Gasteiger charge is -2.23. The first-order valence-corrected chi connectivity index (χ1v) is 7.19. The Morgan fingerprint density at radius 2 is 2.06 bits per heavy atom. The molecule has 0 spiro atoms. The Labute approximate surface area is 107 Å². The molecule has 0 unspecified atom stereocenters. The third kappa shape index (κ3) is 3.07. The first kappa shape index (κ1) is 13.0. The van der Waals surface area contributed by atoms with Crippen molar-refractivity contribution in [1.82, 2.24) is 0 Å². The van der Waals surface area contributed by atoms with Gasteiger partial charge in [0, 0.05) is 34.0 Å². The highest BCUT2D eigenvalue weighted by Gasteiger charge is 2.18. The van der Waals surface area contributed by atoms with Crippen molar-refractivity contribution in [2.24, 2.45) is 0 Å². The van der Waals surface area contributed by atoms with E-state index < -0.39 is 22.6 Å². The summed E-state index contributed by atoms with van der Waals surface area (Å²) in [5.74, 6) is -0.700. The van der Waals surface area contributed by atoms with Crippen molar-refractivity contribution in [2.45, 2.75) is 18.9 Å². The standard InChI is InChI=1S/C12H14FNO3S/c13-11-2-1-9(7-10(11)12(15)16)14-8-3-5-18(17)6-4-8/h1-2,7-8,14H,3-6H2,(H,15,16). The first-order valence-electron chi connectivity index (χ1n) is 5.70. The number of carboxylic acid groups (broad SMARTS) is 1. The minimum Gasteiger partial charge on any atom is -0.478 e. The van der Waals surface area contributed by atoms with Crippen molar-refractivity contribution in [3.8, 4) is 0 Å². The average molecular weight is 271 g/mol. The maximum Gasteiger partial charge on any atom is 0.338 e. The van der Waals surface area contributed by atoms with E-state index in [2.05, 4.69) is 5.32 Å². The highest BCUT2D eigenvalue weighted by molar-refractivity contribution is 7.85. The van der Waals surface area contributed by atoms with E-state index in [-0.39, 0.29) is 11.6 Å². The monoisotopic (exact) mass is 271 g/mol. The van der Waals surface area contributed by atoms with Crippen molar-refractivity contribution >= 4 is 22.5 Å². The van der Waals surface area contributed by atoms with E-state index in [1.165, 1.54) is 12.1 Å². The number of halogens is 1. The quantitative estimate of drug-likeness (QED) is 0.880. The molecular weight excluding hydrogens is 257 g/mol. The molecule has 1 aliphatic heterocycles. The number of benzene rings is 1. The van der Waals surface area contributed by atoms with E-state index in [0.717, 1.165) is 18.9 Å². The zero-order valence-electron chi connectivity index (χ0n) is 9.69. The van der Waals surface area contributed by atoms with E-state index in [1.807, 2.05) is 0 Å². The van der Waals surface area contributed by atoms with Crippen molar-refractivity contribution in [3.63, 3.8) is 0 Å². The van der Waals surface area contributed by atoms with Gasteiger partial charge >= 0.3 is 5.97 Å². The number of hydrogen-bond donors (Lipinski definition) is 2. The Balaban J connectivity index is 2.07. The van der Waals surface area contributed by atoms with Gasteiger partial charge in [0.25, 0.3) is 0 Å². The lowest BCUT2D eigenvalue weighted by Crippen LogP contribution is -2.29. The Bertz CT molecular complexity index is 482. The summed E-state index contributed by atoms with van der Waals surface area (Å²) in [4.78, 5) is 10.8. The van der Waals surface area contributed by atoms with E-state index in [9.17, 15) is 13.4 Å². The number of anilines is 1. The average Bonchev–Trinajstić information content (AvgIpc) is 2.34. The molecule has 0 amide bonds. The molecule has 1 fully saturated rings. The summed E-state index contributed by atoms with van der Waals surface area (Å²) >= 11 is 0. The highest BCUT2D eigenvalue weighted by Crippen LogP contribution is 2.19. The van der Waals surface area contributed by atoms with E-state index in [1.54, 1.807) is 0 Å². The Hall–Kier alpha value is -1.43. The molecule has 1 aliphatic rings. The summed E-state index contributed by atoms with van der Waals surface area (Å²) in [6, 6.07) is 4.14. The van der Waals surface area contributed by atoms with Crippen LogP contribution in [0.1, 0.15) is 23.2 Å². The minimum absolute atomic E-state index is 0.176. The fourth-order valence-corrected chi connectivity index (χ4v) is 3.25. The molecule has 0 bridgehead atoms. The van der Waals surface area contributed by atoms with Gasteiger partial charge in [0.05, 0.1) is 5.56 Å². The van der Waals surface area contributed by atoms with Crippen molar-refractivity contribution < 1.29 is 18.5 Å². The summed E-state index contributed by atoms with van der Waals surface area (Å²) in [6.07, 6.45) is 1.57. The second-order valence-electron chi connectivity index (χ2n) is 4.27. The van der Waals surface area contributed by atoms with Gasteiger partial charge < -0.3 is 10.4 Å².